The number of alkyl halides is 3. The number of benzene rings is 1. The van der Waals surface area contributed by atoms with Crippen LogP contribution >= 0.6 is 22.6 Å². The lowest BCUT2D eigenvalue weighted by molar-refractivity contribution is -0.141. The van der Waals surface area contributed by atoms with Crippen LogP contribution in [0.15, 0.2) is 36.5 Å². The molecule has 3 aromatic rings. The SMILES string of the molecule is Cc1cccnc1-n1nc(C(F)(F)F)cc1C(=O)Nc1c(C)cc(I)cc1C(=O)NC(C)(C#N)C1CC1. The first-order valence-corrected chi connectivity index (χ1v) is 12.4. The number of nitriles is 1. The van der Waals surface area contributed by atoms with Gasteiger partial charge in [0.1, 0.15) is 11.2 Å². The minimum absolute atomic E-state index is 0.0279. The predicted octanol–water partition coefficient (Wildman–Crippen LogP) is 5.18. The van der Waals surface area contributed by atoms with Crippen LogP contribution in [0, 0.1) is 34.7 Å². The number of aryl methyl sites for hydroxylation is 2. The van der Waals surface area contributed by atoms with Crippen LogP contribution in [0.2, 0.25) is 0 Å². The standard InChI is InChI=1S/C25H22F3IN6O2/c1-13-5-4-8-31-21(13)35-18(11-19(34-35)25(26,27)28)23(37)32-20-14(2)9-16(29)10-17(20)22(36)33-24(3,12-30)15-6-7-15/h4-5,8-11,15H,6-7H2,1-3H3,(H,32,37)(H,33,36). The first kappa shape index (κ1) is 26.6. The molecule has 1 fully saturated rings. The molecule has 2 amide bonds. The number of nitrogens with zero attached hydrogens (tertiary/aromatic N) is 4. The number of carbonyl (C=O) groups excluding carboxylic acids is 2. The largest absolute Gasteiger partial charge is 0.435 e. The monoisotopic (exact) mass is 622 g/mol. The number of anilines is 1. The van der Waals surface area contributed by atoms with E-state index in [9.17, 15) is 28.0 Å². The molecule has 37 heavy (non-hydrogen) atoms. The van der Waals surface area contributed by atoms with Gasteiger partial charge in [0.05, 0.1) is 17.3 Å². The molecule has 1 atom stereocenters. The van der Waals surface area contributed by atoms with Crippen molar-refractivity contribution in [1.29, 1.82) is 5.26 Å². The third kappa shape index (κ3) is 5.46. The molecule has 0 spiro atoms. The molecule has 0 bridgehead atoms. The van der Waals surface area contributed by atoms with Gasteiger partial charge in [0.25, 0.3) is 11.8 Å². The number of aromatic nitrogens is 3. The van der Waals surface area contributed by atoms with Gasteiger partial charge in [-0.05, 0) is 91.4 Å². The maximum Gasteiger partial charge on any atom is 0.435 e. The van der Waals surface area contributed by atoms with Crippen LogP contribution in [0.25, 0.3) is 5.82 Å². The molecule has 0 radical (unpaired) electrons. The molecular weight excluding hydrogens is 600 g/mol. The van der Waals surface area contributed by atoms with E-state index in [1.807, 2.05) is 22.6 Å². The van der Waals surface area contributed by atoms with Gasteiger partial charge in [0.15, 0.2) is 11.5 Å². The van der Waals surface area contributed by atoms with E-state index in [-0.39, 0.29) is 23.0 Å². The number of halogens is 4. The fourth-order valence-corrected chi connectivity index (χ4v) is 4.77. The molecule has 2 N–H and O–H groups in total. The number of hydrogen-bond donors (Lipinski definition) is 2. The molecule has 2 heterocycles. The van der Waals surface area contributed by atoms with Gasteiger partial charge in [-0.2, -0.15) is 23.5 Å². The molecule has 1 unspecified atom stereocenters. The third-order valence-corrected chi connectivity index (χ3v) is 6.82. The molecule has 0 aliphatic heterocycles. The van der Waals surface area contributed by atoms with Gasteiger partial charge in [-0.3, -0.25) is 9.59 Å². The minimum atomic E-state index is -4.79. The van der Waals surface area contributed by atoms with Crippen LogP contribution in [-0.4, -0.2) is 32.1 Å². The van der Waals surface area contributed by atoms with Crippen molar-refractivity contribution in [3.63, 3.8) is 0 Å². The van der Waals surface area contributed by atoms with Gasteiger partial charge in [0.2, 0.25) is 0 Å². The molecular formula is C25H22F3IN6O2. The average Bonchev–Trinajstić information content (AvgIpc) is 3.59. The van der Waals surface area contributed by atoms with Crippen molar-refractivity contribution in [2.45, 2.75) is 45.3 Å². The quantitative estimate of drug-likeness (QED) is 0.368. The van der Waals surface area contributed by atoms with E-state index in [1.54, 1.807) is 45.0 Å². The molecule has 1 saturated carbocycles. The number of carbonyl (C=O) groups is 2. The highest BCUT2D eigenvalue weighted by molar-refractivity contribution is 14.1. The number of hydrogen-bond acceptors (Lipinski definition) is 5. The van der Waals surface area contributed by atoms with Crippen LogP contribution < -0.4 is 10.6 Å². The zero-order valence-electron chi connectivity index (χ0n) is 20.1. The summed E-state index contributed by atoms with van der Waals surface area (Å²) in [6.45, 7) is 4.95. The van der Waals surface area contributed by atoms with Crippen LogP contribution in [-0.2, 0) is 6.18 Å². The average molecular weight is 622 g/mol. The van der Waals surface area contributed by atoms with E-state index < -0.39 is 34.9 Å². The molecule has 2 aromatic heterocycles. The first-order valence-electron chi connectivity index (χ1n) is 11.3. The smallest absolute Gasteiger partial charge is 0.334 e. The van der Waals surface area contributed by atoms with Crippen molar-refractivity contribution < 1.29 is 22.8 Å². The molecule has 12 heteroatoms. The molecule has 0 saturated heterocycles. The summed E-state index contributed by atoms with van der Waals surface area (Å²) in [6.07, 6.45) is -1.77. The fraction of sp³-hybridized carbons (Fsp3) is 0.320. The van der Waals surface area contributed by atoms with Crippen molar-refractivity contribution in [3.8, 4) is 11.9 Å². The van der Waals surface area contributed by atoms with Crippen LogP contribution in [0.5, 0.6) is 0 Å². The Labute approximate surface area is 224 Å². The lowest BCUT2D eigenvalue weighted by Gasteiger charge is -2.24. The Hall–Kier alpha value is -3.47. The van der Waals surface area contributed by atoms with Gasteiger partial charge in [-0.1, -0.05) is 6.07 Å². The third-order valence-electron chi connectivity index (χ3n) is 6.20. The van der Waals surface area contributed by atoms with Crippen molar-refractivity contribution >= 4 is 40.1 Å². The van der Waals surface area contributed by atoms with Crippen molar-refractivity contribution in [2.75, 3.05) is 5.32 Å². The van der Waals surface area contributed by atoms with E-state index in [2.05, 4.69) is 26.8 Å². The summed E-state index contributed by atoms with van der Waals surface area (Å²) in [5, 5.41) is 18.6. The molecule has 192 valence electrons. The Morgan fingerprint density at radius 1 is 1.16 bits per heavy atom. The predicted molar refractivity (Wildman–Crippen MR) is 137 cm³/mol. The number of pyridine rings is 1. The van der Waals surface area contributed by atoms with Gasteiger partial charge in [-0.25, -0.2) is 9.67 Å². The van der Waals surface area contributed by atoms with Gasteiger partial charge in [0, 0.05) is 15.8 Å². The second-order valence-electron chi connectivity index (χ2n) is 9.11. The Bertz CT molecular complexity index is 1440. The van der Waals surface area contributed by atoms with E-state index in [1.165, 1.54) is 6.20 Å². The first-order chi connectivity index (χ1) is 17.3. The summed E-state index contributed by atoms with van der Waals surface area (Å²) in [4.78, 5) is 30.7. The Morgan fingerprint density at radius 2 is 1.86 bits per heavy atom. The summed E-state index contributed by atoms with van der Waals surface area (Å²) in [7, 11) is 0. The van der Waals surface area contributed by atoms with E-state index >= 15 is 0 Å². The fourth-order valence-electron chi connectivity index (χ4n) is 3.99. The highest BCUT2D eigenvalue weighted by atomic mass is 127. The Balaban J connectivity index is 1.75. The maximum atomic E-state index is 13.5. The summed E-state index contributed by atoms with van der Waals surface area (Å²) in [5.74, 6) is -1.38. The number of amides is 2. The molecule has 8 nitrogen and oxygen atoms in total. The van der Waals surface area contributed by atoms with Crippen molar-refractivity contribution in [2.24, 2.45) is 5.92 Å². The Kier molecular flexibility index (Phi) is 7.02. The second-order valence-corrected chi connectivity index (χ2v) is 10.4. The van der Waals surface area contributed by atoms with Crippen LogP contribution in [0.3, 0.4) is 0 Å². The van der Waals surface area contributed by atoms with E-state index in [0.717, 1.165) is 17.5 Å². The molecule has 1 aliphatic carbocycles. The highest BCUT2D eigenvalue weighted by Gasteiger charge is 2.43. The molecule has 4 rings (SSSR count). The zero-order chi connectivity index (χ0) is 27.1. The summed E-state index contributed by atoms with van der Waals surface area (Å²) >= 11 is 2.02. The summed E-state index contributed by atoms with van der Waals surface area (Å²) in [6, 6.07) is 9.32. The zero-order valence-corrected chi connectivity index (χ0v) is 22.2. The van der Waals surface area contributed by atoms with E-state index in [4.69, 9.17) is 0 Å². The minimum Gasteiger partial charge on any atom is -0.334 e. The second kappa shape index (κ2) is 9.77. The maximum absolute atomic E-state index is 13.5. The van der Waals surface area contributed by atoms with Gasteiger partial charge in [-0.15, -0.1) is 0 Å². The summed E-state index contributed by atoms with van der Waals surface area (Å²) < 4.78 is 42.1. The highest BCUT2D eigenvalue weighted by Crippen LogP contribution is 2.39. The van der Waals surface area contributed by atoms with Crippen molar-refractivity contribution in [3.05, 3.63) is 68.2 Å². The molecule has 1 aromatic carbocycles. The van der Waals surface area contributed by atoms with Crippen molar-refractivity contribution in [1.82, 2.24) is 20.1 Å². The lowest BCUT2D eigenvalue weighted by atomic mass is 9.96. The topological polar surface area (TPSA) is 113 Å². The van der Waals surface area contributed by atoms with Gasteiger partial charge >= 0.3 is 6.18 Å². The lowest BCUT2D eigenvalue weighted by Crippen LogP contribution is -2.47. The normalized spacial score (nSPS) is 15.0. The molecule has 1 aliphatic rings. The van der Waals surface area contributed by atoms with E-state index in [0.29, 0.717) is 20.8 Å². The number of nitrogens with one attached hydrogen (secondary N) is 2. The summed E-state index contributed by atoms with van der Waals surface area (Å²) in [5.41, 5.74) is -1.49. The number of rotatable bonds is 6. The van der Waals surface area contributed by atoms with Gasteiger partial charge < -0.3 is 10.6 Å². The Morgan fingerprint density at radius 3 is 2.46 bits per heavy atom. The van der Waals surface area contributed by atoms with Crippen LogP contribution in [0.4, 0.5) is 18.9 Å². The van der Waals surface area contributed by atoms with Crippen LogP contribution in [0.1, 0.15) is 57.4 Å².